The van der Waals surface area contributed by atoms with E-state index in [1.165, 1.54) is 0 Å². The van der Waals surface area contributed by atoms with Crippen molar-refractivity contribution >= 4 is 5.78 Å². The minimum absolute atomic E-state index is 0.286. The largest absolute Gasteiger partial charge is 0.357 e. The highest BCUT2D eigenvalue weighted by atomic mass is 16.1. The SMILES string of the molecule is CCCC(=O)C1=CN(C)C=CC1. The maximum atomic E-state index is 11.4. The zero-order valence-corrected chi connectivity index (χ0v) is 7.71. The van der Waals surface area contributed by atoms with Gasteiger partial charge in [-0.25, -0.2) is 0 Å². The van der Waals surface area contributed by atoms with Crippen molar-refractivity contribution in [1.82, 2.24) is 4.90 Å². The van der Waals surface area contributed by atoms with Crippen LogP contribution in [-0.4, -0.2) is 17.7 Å². The van der Waals surface area contributed by atoms with Crippen molar-refractivity contribution in [3.05, 3.63) is 24.0 Å². The van der Waals surface area contributed by atoms with Gasteiger partial charge < -0.3 is 4.90 Å². The molecule has 1 aliphatic heterocycles. The van der Waals surface area contributed by atoms with Crippen molar-refractivity contribution in [2.24, 2.45) is 0 Å². The van der Waals surface area contributed by atoms with E-state index in [4.69, 9.17) is 0 Å². The van der Waals surface area contributed by atoms with Gasteiger partial charge in [0.1, 0.15) is 0 Å². The van der Waals surface area contributed by atoms with Gasteiger partial charge in [-0.15, -0.1) is 0 Å². The fraction of sp³-hybridized carbons (Fsp3) is 0.500. The lowest BCUT2D eigenvalue weighted by atomic mass is 10.0. The number of hydrogen-bond donors (Lipinski definition) is 0. The summed E-state index contributed by atoms with van der Waals surface area (Å²) in [5.41, 5.74) is 0.932. The van der Waals surface area contributed by atoms with Crippen LogP contribution in [-0.2, 0) is 4.79 Å². The Balaban J connectivity index is 2.57. The Morgan fingerprint density at radius 2 is 2.42 bits per heavy atom. The molecule has 0 radical (unpaired) electrons. The first kappa shape index (κ1) is 9.04. The average molecular weight is 165 g/mol. The van der Waals surface area contributed by atoms with E-state index in [9.17, 15) is 4.79 Å². The molecule has 66 valence electrons. The first-order chi connectivity index (χ1) is 5.74. The van der Waals surface area contributed by atoms with E-state index in [0.717, 1.165) is 18.4 Å². The summed E-state index contributed by atoms with van der Waals surface area (Å²) in [4.78, 5) is 13.3. The molecule has 0 N–H and O–H groups in total. The van der Waals surface area contributed by atoms with Gasteiger partial charge in [0.2, 0.25) is 0 Å². The first-order valence-electron chi connectivity index (χ1n) is 4.36. The number of Topliss-reactive ketones (excluding diaryl/α,β-unsaturated/α-hetero) is 1. The number of nitrogens with zero attached hydrogens (tertiary/aromatic N) is 1. The van der Waals surface area contributed by atoms with Crippen LogP contribution in [0.4, 0.5) is 0 Å². The van der Waals surface area contributed by atoms with Gasteiger partial charge in [0.15, 0.2) is 5.78 Å². The van der Waals surface area contributed by atoms with E-state index in [1.807, 2.05) is 37.3 Å². The number of carbonyl (C=O) groups excluding carboxylic acids is 1. The lowest BCUT2D eigenvalue weighted by Gasteiger charge is -2.15. The lowest BCUT2D eigenvalue weighted by Crippen LogP contribution is -2.11. The van der Waals surface area contributed by atoms with Gasteiger partial charge in [0.05, 0.1) is 0 Å². The molecule has 0 aromatic heterocycles. The fourth-order valence-corrected chi connectivity index (χ4v) is 1.26. The van der Waals surface area contributed by atoms with Gasteiger partial charge in [-0.05, 0) is 19.0 Å². The summed E-state index contributed by atoms with van der Waals surface area (Å²) >= 11 is 0. The highest BCUT2D eigenvalue weighted by molar-refractivity contribution is 5.95. The molecular formula is C10H15NO. The van der Waals surface area contributed by atoms with E-state index in [2.05, 4.69) is 0 Å². The smallest absolute Gasteiger partial charge is 0.160 e. The summed E-state index contributed by atoms with van der Waals surface area (Å²) in [7, 11) is 1.94. The van der Waals surface area contributed by atoms with Crippen LogP contribution in [0.3, 0.4) is 0 Å². The normalized spacial score (nSPS) is 16.2. The standard InChI is InChI=1S/C10H15NO/c1-3-5-10(12)9-6-4-7-11(2)8-9/h4,7-8H,3,5-6H2,1-2H3. The number of hydrogen-bond acceptors (Lipinski definition) is 2. The fourth-order valence-electron chi connectivity index (χ4n) is 1.26. The topological polar surface area (TPSA) is 20.3 Å². The molecule has 0 aromatic carbocycles. The summed E-state index contributed by atoms with van der Waals surface area (Å²) in [6.45, 7) is 2.03. The molecule has 0 aromatic rings. The second kappa shape index (κ2) is 4.10. The van der Waals surface area contributed by atoms with Crippen LogP contribution >= 0.6 is 0 Å². The van der Waals surface area contributed by atoms with Crippen LogP contribution in [0.5, 0.6) is 0 Å². The third kappa shape index (κ3) is 2.22. The quantitative estimate of drug-likeness (QED) is 0.638. The van der Waals surface area contributed by atoms with E-state index in [0.29, 0.717) is 6.42 Å². The van der Waals surface area contributed by atoms with Crippen molar-refractivity contribution < 1.29 is 4.79 Å². The molecule has 0 unspecified atom stereocenters. The molecule has 1 rings (SSSR count). The first-order valence-corrected chi connectivity index (χ1v) is 4.36. The predicted octanol–water partition coefficient (Wildman–Crippen LogP) is 2.09. The molecular weight excluding hydrogens is 150 g/mol. The molecule has 0 spiro atoms. The number of allylic oxidation sites excluding steroid dienone is 2. The van der Waals surface area contributed by atoms with Crippen molar-refractivity contribution in [2.45, 2.75) is 26.2 Å². The molecule has 1 heterocycles. The van der Waals surface area contributed by atoms with E-state index >= 15 is 0 Å². The van der Waals surface area contributed by atoms with Crippen LogP contribution in [0.2, 0.25) is 0 Å². The third-order valence-corrected chi connectivity index (χ3v) is 1.87. The third-order valence-electron chi connectivity index (χ3n) is 1.87. The molecule has 2 heteroatoms. The summed E-state index contributed by atoms with van der Waals surface area (Å²) in [6.07, 6.45) is 8.31. The molecule has 12 heavy (non-hydrogen) atoms. The van der Waals surface area contributed by atoms with E-state index < -0.39 is 0 Å². The minimum Gasteiger partial charge on any atom is -0.357 e. The van der Waals surface area contributed by atoms with Crippen LogP contribution in [0, 0.1) is 0 Å². The zero-order chi connectivity index (χ0) is 8.97. The number of carbonyl (C=O) groups is 1. The highest BCUT2D eigenvalue weighted by Gasteiger charge is 2.09. The average Bonchev–Trinajstić information content (AvgIpc) is 2.05. The van der Waals surface area contributed by atoms with Gasteiger partial charge in [-0.1, -0.05) is 13.0 Å². The zero-order valence-electron chi connectivity index (χ0n) is 7.71. The molecule has 0 bridgehead atoms. The Morgan fingerprint density at radius 3 is 3.00 bits per heavy atom. The lowest BCUT2D eigenvalue weighted by molar-refractivity contribution is -0.115. The molecule has 1 aliphatic rings. The number of rotatable bonds is 3. The summed E-state index contributed by atoms with van der Waals surface area (Å²) in [5, 5.41) is 0. The van der Waals surface area contributed by atoms with Crippen molar-refractivity contribution in [3.63, 3.8) is 0 Å². The second-order valence-electron chi connectivity index (χ2n) is 3.08. The summed E-state index contributed by atoms with van der Waals surface area (Å²) in [6, 6.07) is 0. The Hall–Kier alpha value is -1.05. The van der Waals surface area contributed by atoms with Gasteiger partial charge in [-0.2, -0.15) is 0 Å². The van der Waals surface area contributed by atoms with Crippen LogP contribution in [0.25, 0.3) is 0 Å². The Morgan fingerprint density at radius 1 is 1.67 bits per heavy atom. The molecule has 0 aliphatic carbocycles. The minimum atomic E-state index is 0.286. The van der Waals surface area contributed by atoms with Crippen LogP contribution < -0.4 is 0 Å². The van der Waals surface area contributed by atoms with Gasteiger partial charge in [-0.3, -0.25) is 4.79 Å². The van der Waals surface area contributed by atoms with Crippen molar-refractivity contribution in [1.29, 1.82) is 0 Å². The highest BCUT2D eigenvalue weighted by Crippen LogP contribution is 2.13. The molecule has 0 amide bonds. The Labute approximate surface area is 73.6 Å². The van der Waals surface area contributed by atoms with Gasteiger partial charge >= 0.3 is 0 Å². The predicted molar refractivity (Wildman–Crippen MR) is 49.5 cm³/mol. The van der Waals surface area contributed by atoms with E-state index in [1.54, 1.807) is 0 Å². The molecule has 0 saturated carbocycles. The summed E-state index contributed by atoms with van der Waals surface area (Å²) < 4.78 is 0. The molecule has 0 fully saturated rings. The van der Waals surface area contributed by atoms with E-state index in [-0.39, 0.29) is 5.78 Å². The number of ketones is 1. The second-order valence-corrected chi connectivity index (χ2v) is 3.08. The van der Waals surface area contributed by atoms with Gasteiger partial charge in [0, 0.05) is 25.2 Å². The van der Waals surface area contributed by atoms with Crippen molar-refractivity contribution in [3.8, 4) is 0 Å². The maximum absolute atomic E-state index is 11.4. The Kier molecular flexibility index (Phi) is 3.09. The molecule has 2 nitrogen and oxygen atoms in total. The Bertz CT molecular complexity index is 228. The maximum Gasteiger partial charge on any atom is 0.160 e. The van der Waals surface area contributed by atoms with Crippen LogP contribution in [0.1, 0.15) is 26.2 Å². The van der Waals surface area contributed by atoms with Crippen LogP contribution in [0.15, 0.2) is 24.0 Å². The van der Waals surface area contributed by atoms with Gasteiger partial charge in [0.25, 0.3) is 0 Å². The molecule has 0 saturated heterocycles. The van der Waals surface area contributed by atoms with Crippen molar-refractivity contribution in [2.75, 3.05) is 7.05 Å². The molecule has 0 atom stereocenters. The summed E-state index contributed by atoms with van der Waals surface area (Å²) in [5.74, 6) is 0.286. The monoisotopic (exact) mass is 165 g/mol.